The highest BCUT2D eigenvalue weighted by Gasteiger charge is 2.15. The van der Waals surface area contributed by atoms with E-state index >= 15 is 0 Å². The summed E-state index contributed by atoms with van der Waals surface area (Å²) in [6, 6.07) is 7.59. The molecule has 0 amide bonds. The van der Waals surface area contributed by atoms with Gasteiger partial charge in [-0.25, -0.2) is 4.72 Å². The zero-order valence-electron chi connectivity index (χ0n) is 11.8. The lowest BCUT2D eigenvalue weighted by Gasteiger charge is -2.23. The van der Waals surface area contributed by atoms with Crippen molar-refractivity contribution in [1.82, 2.24) is 9.44 Å². The molecule has 0 spiro atoms. The summed E-state index contributed by atoms with van der Waals surface area (Å²) in [6.07, 6.45) is 6.27. The van der Waals surface area contributed by atoms with Crippen molar-refractivity contribution in [1.29, 1.82) is 0 Å². The van der Waals surface area contributed by atoms with Crippen LogP contribution in [0, 0.1) is 0 Å². The van der Waals surface area contributed by atoms with Crippen molar-refractivity contribution in [3.05, 3.63) is 29.8 Å². The maximum Gasteiger partial charge on any atom is 0.276 e. The van der Waals surface area contributed by atoms with Gasteiger partial charge in [-0.1, -0.05) is 18.6 Å². The largest absolute Gasteiger partial charge is 0.490 e. The van der Waals surface area contributed by atoms with Crippen molar-refractivity contribution in [2.75, 3.05) is 7.05 Å². The number of benzene rings is 1. The first-order valence-corrected chi connectivity index (χ1v) is 8.51. The van der Waals surface area contributed by atoms with Crippen molar-refractivity contribution >= 4 is 10.2 Å². The molecule has 1 aliphatic carbocycles. The Hall–Kier alpha value is -1.11. The Morgan fingerprint density at radius 2 is 2.00 bits per heavy atom. The van der Waals surface area contributed by atoms with E-state index < -0.39 is 10.2 Å². The number of rotatable bonds is 6. The Morgan fingerprint density at radius 3 is 2.70 bits per heavy atom. The summed E-state index contributed by atoms with van der Waals surface area (Å²) in [6.45, 7) is 0.255. The van der Waals surface area contributed by atoms with Crippen LogP contribution in [-0.2, 0) is 16.8 Å². The van der Waals surface area contributed by atoms with Gasteiger partial charge in [0.2, 0.25) is 0 Å². The van der Waals surface area contributed by atoms with Gasteiger partial charge in [-0.15, -0.1) is 0 Å². The van der Waals surface area contributed by atoms with Gasteiger partial charge in [-0.3, -0.25) is 0 Å². The van der Waals surface area contributed by atoms with Crippen LogP contribution < -0.4 is 14.2 Å². The summed E-state index contributed by atoms with van der Waals surface area (Å²) in [4.78, 5) is 0. The Balaban J connectivity index is 1.93. The number of nitrogens with one attached hydrogen (secondary N) is 2. The molecule has 0 aliphatic heterocycles. The molecule has 112 valence electrons. The normalized spacial score (nSPS) is 17.1. The number of hydrogen-bond donors (Lipinski definition) is 2. The second kappa shape index (κ2) is 7.06. The van der Waals surface area contributed by atoms with Gasteiger partial charge in [0.05, 0.1) is 6.10 Å². The first-order valence-electron chi connectivity index (χ1n) is 7.03. The predicted molar refractivity (Wildman–Crippen MR) is 78.8 cm³/mol. The average Bonchev–Trinajstić information content (AvgIpc) is 2.47. The van der Waals surface area contributed by atoms with E-state index in [9.17, 15) is 8.42 Å². The zero-order valence-corrected chi connectivity index (χ0v) is 12.6. The van der Waals surface area contributed by atoms with Crippen molar-refractivity contribution in [3.8, 4) is 5.75 Å². The molecule has 6 heteroatoms. The number of ether oxygens (including phenoxy) is 1. The fourth-order valence-corrected chi connectivity index (χ4v) is 2.86. The maximum atomic E-state index is 11.3. The van der Waals surface area contributed by atoms with Crippen LogP contribution in [-0.4, -0.2) is 21.6 Å². The van der Waals surface area contributed by atoms with Crippen LogP contribution in [0.2, 0.25) is 0 Å². The van der Waals surface area contributed by atoms with Crippen LogP contribution in [0.4, 0.5) is 0 Å². The maximum absolute atomic E-state index is 11.3. The second-order valence-corrected chi connectivity index (χ2v) is 6.76. The summed E-state index contributed by atoms with van der Waals surface area (Å²) in [7, 11) is -2.02. The molecule has 5 nitrogen and oxygen atoms in total. The molecule has 0 heterocycles. The van der Waals surface area contributed by atoms with E-state index in [-0.39, 0.29) is 6.54 Å². The predicted octanol–water partition coefficient (Wildman–Crippen LogP) is 1.95. The van der Waals surface area contributed by atoms with Crippen LogP contribution in [0.3, 0.4) is 0 Å². The molecule has 0 aromatic heterocycles. The fraction of sp³-hybridized carbons (Fsp3) is 0.571. The van der Waals surface area contributed by atoms with Gasteiger partial charge in [-0.2, -0.15) is 13.1 Å². The van der Waals surface area contributed by atoms with E-state index in [0.29, 0.717) is 6.10 Å². The standard InChI is InChI=1S/C14H22N2O3S/c1-15-20(17,18)16-11-12-6-5-9-14(10-12)19-13-7-3-2-4-8-13/h5-6,9-10,13,15-16H,2-4,7-8,11H2,1H3. The zero-order chi connectivity index (χ0) is 14.4. The molecule has 20 heavy (non-hydrogen) atoms. The molecular formula is C14H22N2O3S. The summed E-state index contributed by atoms with van der Waals surface area (Å²) in [5, 5.41) is 0. The van der Waals surface area contributed by atoms with Crippen LogP contribution in [0.5, 0.6) is 5.75 Å². The molecule has 1 saturated carbocycles. The highest BCUT2D eigenvalue weighted by Crippen LogP contribution is 2.23. The molecule has 2 rings (SSSR count). The van der Waals surface area contributed by atoms with Gasteiger partial charge < -0.3 is 4.74 Å². The van der Waals surface area contributed by atoms with Crippen molar-refractivity contribution in [2.45, 2.75) is 44.8 Å². The molecular weight excluding hydrogens is 276 g/mol. The molecule has 1 aromatic rings. The third kappa shape index (κ3) is 4.77. The highest BCUT2D eigenvalue weighted by molar-refractivity contribution is 7.87. The fourth-order valence-electron chi connectivity index (χ4n) is 2.35. The van der Waals surface area contributed by atoms with Crippen molar-refractivity contribution < 1.29 is 13.2 Å². The van der Waals surface area contributed by atoms with E-state index in [0.717, 1.165) is 24.2 Å². The second-order valence-electron chi connectivity index (χ2n) is 5.05. The van der Waals surface area contributed by atoms with Gasteiger partial charge in [-0.05, 0) is 43.4 Å². The van der Waals surface area contributed by atoms with Crippen LogP contribution in [0.15, 0.2) is 24.3 Å². The lowest BCUT2D eigenvalue weighted by atomic mass is 9.98. The van der Waals surface area contributed by atoms with Crippen molar-refractivity contribution in [3.63, 3.8) is 0 Å². The molecule has 2 N–H and O–H groups in total. The van der Waals surface area contributed by atoms with Gasteiger partial charge in [0, 0.05) is 13.6 Å². The molecule has 0 radical (unpaired) electrons. The Labute approximate surface area is 120 Å². The van der Waals surface area contributed by atoms with E-state index in [4.69, 9.17) is 4.74 Å². The van der Waals surface area contributed by atoms with Crippen LogP contribution in [0.25, 0.3) is 0 Å². The topological polar surface area (TPSA) is 67.4 Å². The third-order valence-electron chi connectivity index (χ3n) is 3.49. The minimum Gasteiger partial charge on any atom is -0.490 e. The minimum absolute atomic E-state index is 0.255. The van der Waals surface area contributed by atoms with Gasteiger partial charge >= 0.3 is 0 Å². The quantitative estimate of drug-likeness (QED) is 0.843. The number of hydrogen-bond acceptors (Lipinski definition) is 3. The Morgan fingerprint density at radius 1 is 1.25 bits per heavy atom. The van der Waals surface area contributed by atoms with E-state index in [1.165, 1.54) is 26.3 Å². The summed E-state index contributed by atoms with van der Waals surface area (Å²) in [5.41, 5.74) is 0.886. The van der Waals surface area contributed by atoms with Crippen LogP contribution in [0.1, 0.15) is 37.7 Å². The Bertz CT molecular complexity index is 525. The minimum atomic E-state index is -3.40. The van der Waals surface area contributed by atoms with Gasteiger partial charge in [0.25, 0.3) is 10.2 Å². The van der Waals surface area contributed by atoms with E-state index in [1.807, 2.05) is 24.3 Å². The molecule has 0 atom stereocenters. The lowest BCUT2D eigenvalue weighted by Crippen LogP contribution is -2.33. The molecule has 0 unspecified atom stereocenters. The smallest absolute Gasteiger partial charge is 0.276 e. The monoisotopic (exact) mass is 298 g/mol. The molecule has 1 fully saturated rings. The average molecular weight is 298 g/mol. The molecule has 0 saturated heterocycles. The Kier molecular flexibility index (Phi) is 5.39. The van der Waals surface area contributed by atoms with Crippen LogP contribution >= 0.6 is 0 Å². The van der Waals surface area contributed by atoms with E-state index in [1.54, 1.807) is 0 Å². The summed E-state index contributed by atoms with van der Waals surface area (Å²) >= 11 is 0. The molecule has 1 aliphatic rings. The van der Waals surface area contributed by atoms with E-state index in [2.05, 4.69) is 9.44 Å². The lowest BCUT2D eigenvalue weighted by molar-refractivity contribution is 0.155. The molecule has 0 bridgehead atoms. The first kappa shape index (κ1) is 15.3. The summed E-state index contributed by atoms with van der Waals surface area (Å²) in [5.74, 6) is 0.818. The molecule has 1 aromatic carbocycles. The van der Waals surface area contributed by atoms with Gasteiger partial charge in [0.1, 0.15) is 5.75 Å². The third-order valence-corrected chi connectivity index (χ3v) is 4.55. The van der Waals surface area contributed by atoms with Gasteiger partial charge in [0.15, 0.2) is 0 Å². The van der Waals surface area contributed by atoms with Crippen molar-refractivity contribution in [2.24, 2.45) is 0 Å². The SMILES string of the molecule is CNS(=O)(=O)NCc1cccc(OC2CCCCC2)c1. The summed E-state index contributed by atoms with van der Waals surface area (Å²) < 4.78 is 33.3. The first-order chi connectivity index (χ1) is 9.59. The highest BCUT2D eigenvalue weighted by atomic mass is 32.2.